The summed E-state index contributed by atoms with van der Waals surface area (Å²) < 4.78 is 4.96. The Kier molecular flexibility index (Phi) is 6.44. The van der Waals surface area contributed by atoms with E-state index in [2.05, 4.69) is 5.10 Å². The SMILES string of the molecule is CCCC1=NN(c2ccc(C(=O)OCC)cc2)C(=O)C1=Cc1cccc([N+](=O)[O-])c1O. The quantitative estimate of drug-likeness (QED) is 0.310. The second kappa shape index (κ2) is 9.21. The van der Waals surface area contributed by atoms with Crippen LogP contribution in [0.4, 0.5) is 11.4 Å². The molecule has 0 aromatic heterocycles. The maximum atomic E-state index is 13.1. The molecule has 0 unspecified atom stereocenters. The van der Waals surface area contributed by atoms with Crippen molar-refractivity contribution in [3.63, 3.8) is 0 Å². The number of amides is 1. The summed E-state index contributed by atoms with van der Waals surface area (Å²) in [6.45, 7) is 3.91. The highest BCUT2D eigenvalue weighted by Gasteiger charge is 2.31. The number of carbonyl (C=O) groups excluding carboxylic acids is 2. The third-order valence-corrected chi connectivity index (χ3v) is 4.61. The molecule has 1 heterocycles. The van der Waals surface area contributed by atoms with Gasteiger partial charge in [0.1, 0.15) is 0 Å². The summed E-state index contributed by atoms with van der Waals surface area (Å²) in [4.78, 5) is 35.3. The molecule has 0 radical (unpaired) electrons. The predicted octanol–water partition coefficient (Wildman–Crippen LogP) is 4.06. The van der Waals surface area contributed by atoms with Crippen LogP contribution in [0.5, 0.6) is 5.75 Å². The number of aromatic hydroxyl groups is 1. The third kappa shape index (κ3) is 4.45. The van der Waals surface area contributed by atoms with E-state index >= 15 is 0 Å². The summed E-state index contributed by atoms with van der Waals surface area (Å²) in [5.74, 6) is -1.40. The number of hydrogen-bond acceptors (Lipinski definition) is 7. The number of hydrogen-bond donors (Lipinski definition) is 1. The zero-order valence-corrected chi connectivity index (χ0v) is 17.1. The van der Waals surface area contributed by atoms with E-state index in [1.807, 2.05) is 6.92 Å². The van der Waals surface area contributed by atoms with E-state index in [1.54, 1.807) is 31.2 Å². The van der Waals surface area contributed by atoms with Crippen LogP contribution in [0.25, 0.3) is 6.08 Å². The minimum atomic E-state index is -0.688. The van der Waals surface area contributed by atoms with Crippen molar-refractivity contribution in [3.8, 4) is 5.75 Å². The van der Waals surface area contributed by atoms with Crippen molar-refractivity contribution in [1.29, 1.82) is 0 Å². The summed E-state index contributed by atoms with van der Waals surface area (Å²) in [7, 11) is 0. The van der Waals surface area contributed by atoms with Crippen molar-refractivity contribution >= 4 is 35.0 Å². The predicted molar refractivity (Wildman–Crippen MR) is 115 cm³/mol. The highest BCUT2D eigenvalue weighted by molar-refractivity contribution is 6.32. The molecule has 31 heavy (non-hydrogen) atoms. The van der Waals surface area contributed by atoms with Crippen LogP contribution < -0.4 is 5.01 Å². The van der Waals surface area contributed by atoms with Gasteiger partial charge < -0.3 is 9.84 Å². The van der Waals surface area contributed by atoms with Gasteiger partial charge in [0.15, 0.2) is 0 Å². The van der Waals surface area contributed by atoms with Crippen molar-refractivity contribution in [2.24, 2.45) is 5.10 Å². The smallest absolute Gasteiger partial charge is 0.338 e. The number of phenolic OH excluding ortho intramolecular Hbond substituents is 1. The molecule has 160 valence electrons. The van der Waals surface area contributed by atoms with Gasteiger partial charge >= 0.3 is 11.7 Å². The summed E-state index contributed by atoms with van der Waals surface area (Å²) in [5.41, 5.74) is 1.27. The zero-order chi connectivity index (χ0) is 22.5. The molecule has 1 N–H and O–H groups in total. The number of phenols is 1. The summed E-state index contributed by atoms with van der Waals surface area (Å²) in [6.07, 6.45) is 2.64. The molecular formula is C22H21N3O6. The summed E-state index contributed by atoms with van der Waals surface area (Å²) in [5, 5.41) is 26.9. The molecule has 0 fully saturated rings. The van der Waals surface area contributed by atoms with E-state index in [4.69, 9.17) is 4.74 Å². The Morgan fingerprint density at radius 2 is 1.94 bits per heavy atom. The van der Waals surface area contributed by atoms with Crippen molar-refractivity contribution in [2.45, 2.75) is 26.7 Å². The first-order chi connectivity index (χ1) is 14.9. The van der Waals surface area contributed by atoms with Crippen molar-refractivity contribution in [1.82, 2.24) is 0 Å². The Bertz CT molecular complexity index is 1090. The lowest BCUT2D eigenvalue weighted by Crippen LogP contribution is -2.21. The lowest BCUT2D eigenvalue weighted by atomic mass is 10.0. The van der Waals surface area contributed by atoms with Crippen LogP contribution in [0.1, 0.15) is 42.6 Å². The maximum absolute atomic E-state index is 13.1. The number of nitrogens with zero attached hydrogens (tertiary/aromatic N) is 3. The number of carbonyl (C=O) groups is 2. The van der Waals surface area contributed by atoms with E-state index < -0.39 is 28.2 Å². The number of hydrazone groups is 1. The molecule has 1 aliphatic rings. The normalized spacial score (nSPS) is 14.6. The van der Waals surface area contributed by atoms with Crippen LogP contribution in [0.2, 0.25) is 0 Å². The van der Waals surface area contributed by atoms with E-state index in [0.717, 1.165) is 6.42 Å². The van der Waals surface area contributed by atoms with Gasteiger partial charge in [-0.15, -0.1) is 0 Å². The van der Waals surface area contributed by atoms with Crippen LogP contribution in [-0.4, -0.2) is 34.2 Å². The number of rotatable bonds is 7. The van der Waals surface area contributed by atoms with Gasteiger partial charge in [-0.1, -0.05) is 25.5 Å². The monoisotopic (exact) mass is 423 g/mol. The Morgan fingerprint density at radius 3 is 2.55 bits per heavy atom. The molecule has 0 spiro atoms. The molecule has 0 saturated carbocycles. The number of nitro benzene ring substituents is 1. The van der Waals surface area contributed by atoms with Gasteiger partial charge in [0.25, 0.3) is 5.91 Å². The fraction of sp³-hybridized carbons (Fsp3) is 0.227. The summed E-state index contributed by atoms with van der Waals surface area (Å²) in [6, 6.07) is 10.4. The fourth-order valence-corrected chi connectivity index (χ4v) is 3.12. The highest BCUT2D eigenvalue weighted by Crippen LogP contribution is 2.33. The summed E-state index contributed by atoms with van der Waals surface area (Å²) >= 11 is 0. The number of benzene rings is 2. The average Bonchev–Trinajstić information content (AvgIpc) is 3.05. The first-order valence-corrected chi connectivity index (χ1v) is 9.74. The molecule has 2 aromatic carbocycles. The zero-order valence-electron chi connectivity index (χ0n) is 17.1. The van der Waals surface area contributed by atoms with Gasteiger partial charge in [-0.3, -0.25) is 14.9 Å². The molecule has 0 aliphatic carbocycles. The van der Waals surface area contributed by atoms with Crippen molar-refractivity contribution in [2.75, 3.05) is 11.6 Å². The lowest BCUT2D eigenvalue weighted by Gasteiger charge is -2.12. The van der Waals surface area contributed by atoms with Gasteiger partial charge in [0.2, 0.25) is 5.75 Å². The van der Waals surface area contributed by atoms with E-state index in [9.17, 15) is 24.8 Å². The fourth-order valence-electron chi connectivity index (χ4n) is 3.12. The molecule has 0 saturated heterocycles. The minimum absolute atomic E-state index is 0.154. The molecular weight excluding hydrogens is 402 g/mol. The second-order valence-electron chi connectivity index (χ2n) is 6.71. The first kappa shape index (κ1) is 21.7. The molecule has 1 aliphatic heterocycles. The lowest BCUT2D eigenvalue weighted by molar-refractivity contribution is -0.385. The van der Waals surface area contributed by atoms with Crippen LogP contribution in [0, 0.1) is 10.1 Å². The van der Waals surface area contributed by atoms with Gasteiger partial charge in [-0.2, -0.15) is 10.1 Å². The Hall–Kier alpha value is -4.01. The molecule has 2 aromatic rings. The topological polar surface area (TPSA) is 122 Å². The number of para-hydroxylation sites is 1. The molecule has 9 heteroatoms. The first-order valence-electron chi connectivity index (χ1n) is 9.74. The standard InChI is InChI=1S/C22H21N3O6/c1-3-6-18-17(13-15-7-5-8-19(20(15)26)25(29)30)21(27)24(23-18)16-11-9-14(10-12-16)22(28)31-4-2/h5,7-13,26H,3-4,6H2,1-2H3. The van der Waals surface area contributed by atoms with Gasteiger partial charge in [0.05, 0.1) is 34.1 Å². The molecule has 3 rings (SSSR count). The van der Waals surface area contributed by atoms with E-state index in [0.29, 0.717) is 23.4 Å². The molecule has 0 atom stereocenters. The molecule has 0 bridgehead atoms. The highest BCUT2D eigenvalue weighted by atomic mass is 16.6. The average molecular weight is 423 g/mol. The van der Waals surface area contributed by atoms with Crippen molar-refractivity contribution < 1.29 is 24.4 Å². The number of nitro groups is 1. The van der Waals surface area contributed by atoms with Crippen molar-refractivity contribution in [3.05, 3.63) is 69.3 Å². The largest absolute Gasteiger partial charge is 0.502 e. The van der Waals surface area contributed by atoms with Gasteiger partial charge in [0, 0.05) is 11.6 Å². The Balaban J connectivity index is 1.96. The van der Waals surface area contributed by atoms with Crippen LogP contribution in [-0.2, 0) is 9.53 Å². The Morgan fingerprint density at radius 1 is 1.23 bits per heavy atom. The number of anilines is 1. The van der Waals surface area contributed by atoms with Crippen LogP contribution in [0.3, 0.4) is 0 Å². The third-order valence-electron chi connectivity index (χ3n) is 4.61. The van der Waals surface area contributed by atoms with Crippen LogP contribution in [0.15, 0.2) is 53.1 Å². The number of esters is 1. The Labute approximate surface area is 178 Å². The number of ether oxygens (including phenoxy) is 1. The van der Waals surface area contributed by atoms with Gasteiger partial charge in [-0.25, -0.2) is 4.79 Å². The molecule has 1 amide bonds. The van der Waals surface area contributed by atoms with E-state index in [-0.39, 0.29) is 17.7 Å². The van der Waals surface area contributed by atoms with E-state index in [1.165, 1.54) is 29.3 Å². The minimum Gasteiger partial charge on any atom is -0.502 e. The van der Waals surface area contributed by atoms with Gasteiger partial charge in [-0.05, 0) is 43.7 Å². The maximum Gasteiger partial charge on any atom is 0.338 e. The second-order valence-corrected chi connectivity index (χ2v) is 6.71. The molecule has 9 nitrogen and oxygen atoms in total. The van der Waals surface area contributed by atoms with Crippen LogP contribution >= 0.6 is 0 Å².